The van der Waals surface area contributed by atoms with Crippen molar-refractivity contribution in [3.8, 4) is 5.75 Å². The Morgan fingerprint density at radius 2 is 1.74 bits per heavy atom. The first-order valence-electron chi connectivity index (χ1n) is 7.96. The average Bonchev–Trinajstić information content (AvgIpc) is 2.48. The van der Waals surface area contributed by atoms with Crippen molar-refractivity contribution in [2.24, 2.45) is 0 Å². The number of benzene rings is 1. The van der Waals surface area contributed by atoms with Gasteiger partial charge in [-0.25, -0.2) is 4.79 Å². The van der Waals surface area contributed by atoms with E-state index < -0.39 is 0 Å². The number of likely N-dealkylation sites (N-methyl/N-ethyl adjacent to an activating group) is 2. The fraction of sp³-hybridized carbons (Fsp3) is 0.529. The second-order valence-corrected chi connectivity index (χ2v) is 5.37. The number of amides is 3. The maximum atomic E-state index is 12.0. The van der Waals surface area contributed by atoms with Gasteiger partial charge in [0.1, 0.15) is 18.9 Å². The molecule has 0 aromatic heterocycles. The van der Waals surface area contributed by atoms with Gasteiger partial charge in [-0.15, -0.1) is 0 Å². The molecule has 1 aromatic carbocycles. The standard InChI is InChI=1S/C17H27N3O3/c1-5-18-16(21)12-20(6-2)17(22)19-7-8-23-15-10-13(3)9-14(4)11-15/h9-11H,5-8,12H2,1-4H3,(H,18,21)(H,19,22). The quantitative estimate of drug-likeness (QED) is 0.718. The lowest BCUT2D eigenvalue weighted by Gasteiger charge is -2.20. The summed E-state index contributed by atoms with van der Waals surface area (Å²) in [4.78, 5) is 25.0. The molecule has 0 fully saturated rings. The van der Waals surface area contributed by atoms with Crippen molar-refractivity contribution < 1.29 is 14.3 Å². The van der Waals surface area contributed by atoms with Gasteiger partial charge in [0, 0.05) is 13.1 Å². The SMILES string of the molecule is CCNC(=O)CN(CC)C(=O)NCCOc1cc(C)cc(C)c1. The molecule has 0 aliphatic heterocycles. The van der Waals surface area contributed by atoms with Crippen molar-refractivity contribution in [1.82, 2.24) is 15.5 Å². The van der Waals surface area contributed by atoms with Crippen LogP contribution < -0.4 is 15.4 Å². The third-order valence-corrected chi connectivity index (χ3v) is 3.22. The third kappa shape index (κ3) is 7.04. The van der Waals surface area contributed by atoms with Gasteiger partial charge in [0.05, 0.1) is 6.54 Å². The molecule has 128 valence electrons. The molecule has 1 aromatic rings. The highest BCUT2D eigenvalue weighted by atomic mass is 16.5. The topological polar surface area (TPSA) is 70.7 Å². The lowest BCUT2D eigenvalue weighted by atomic mass is 10.1. The number of nitrogens with zero attached hydrogens (tertiary/aromatic N) is 1. The first-order chi connectivity index (χ1) is 11.0. The summed E-state index contributed by atoms with van der Waals surface area (Å²) < 4.78 is 5.64. The average molecular weight is 321 g/mol. The van der Waals surface area contributed by atoms with Crippen LogP contribution in [0.15, 0.2) is 18.2 Å². The molecule has 23 heavy (non-hydrogen) atoms. The van der Waals surface area contributed by atoms with Gasteiger partial charge in [-0.2, -0.15) is 0 Å². The van der Waals surface area contributed by atoms with Crippen LogP contribution >= 0.6 is 0 Å². The smallest absolute Gasteiger partial charge is 0.317 e. The summed E-state index contributed by atoms with van der Waals surface area (Å²) in [5.74, 6) is 0.641. The molecule has 3 amide bonds. The molecule has 0 heterocycles. The number of urea groups is 1. The Morgan fingerprint density at radius 1 is 1.09 bits per heavy atom. The number of ether oxygens (including phenoxy) is 1. The number of hydrogen-bond donors (Lipinski definition) is 2. The predicted octanol–water partition coefficient (Wildman–Crippen LogP) is 1.85. The summed E-state index contributed by atoms with van der Waals surface area (Å²) in [6.07, 6.45) is 0. The third-order valence-electron chi connectivity index (χ3n) is 3.22. The molecule has 0 saturated carbocycles. The van der Waals surface area contributed by atoms with Crippen molar-refractivity contribution >= 4 is 11.9 Å². The van der Waals surface area contributed by atoms with Gasteiger partial charge < -0.3 is 20.3 Å². The van der Waals surface area contributed by atoms with Gasteiger partial charge in [0.15, 0.2) is 0 Å². The van der Waals surface area contributed by atoms with Gasteiger partial charge >= 0.3 is 6.03 Å². The fourth-order valence-corrected chi connectivity index (χ4v) is 2.21. The highest BCUT2D eigenvalue weighted by Gasteiger charge is 2.14. The molecule has 0 spiro atoms. The van der Waals surface area contributed by atoms with Crippen LogP contribution in [0.25, 0.3) is 0 Å². The van der Waals surface area contributed by atoms with E-state index in [2.05, 4.69) is 16.7 Å². The van der Waals surface area contributed by atoms with E-state index in [0.717, 1.165) is 16.9 Å². The van der Waals surface area contributed by atoms with Gasteiger partial charge in [-0.05, 0) is 51.0 Å². The highest BCUT2D eigenvalue weighted by Crippen LogP contribution is 2.15. The van der Waals surface area contributed by atoms with Gasteiger partial charge in [0.2, 0.25) is 5.91 Å². The van der Waals surface area contributed by atoms with Crippen molar-refractivity contribution in [3.05, 3.63) is 29.3 Å². The largest absolute Gasteiger partial charge is 0.492 e. The minimum atomic E-state index is -0.261. The Kier molecular flexibility index (Phi) is 7.94. The number of nitrogens with one attached hydrogen (secondary N) is 2. The molecule has 2 N–H and O–H groups in total. The van der Waals surface area contributed by atoms with E-state index in [1.165, 1.54) is 4.90 Å². The van der Waals surface area contributed by atoms with Gasteiger partial charge in [0.25, 0.3) is 0 Å². The maximum absolute atomic E-state index is 12.0. The van der Waals surface area contributed by atoms with Crippen LogP contribution in [0.5, 0.6) is 5.75 Å². The van der Waals surface area contributed by atoms with Crippen LogP contribution in [-0.2, 0) is 4.79 Å². The second-order valence-electron chi connectivity index (χ2n) is 5.37. The van der Waals surface area contributed by atoms with E-state index in [4.69, 9.17) is 4.74 Å². The van der Waals surface area contributed by atoms with Crippen LogP contribution in [-0.4, -0.2) is 49.6 Å². The zero-order chi connectivity index (χ0) is 17.2. The lowest BCUT2D eigenvalue weighted by Crippen LogP contribution is -2.46. The molecule has 0 bridgehead atoms. The van der Waals surface area contributed by atoms with Crippen LogP contribution in [0.2, 0.25) is 0 Å². The fourth-order valence-electron chi connectivity index (χ4n) is 2.21. The minimum absolute atomic E-state index is 0.0636. The number of carbonyl (C=O) groups excluding carboxylic acids is 2. The van der Waals surface area contributed by atoms with Crippen molar-refractivity contribution in [2.45, 2.75) is 27.7 Å². The van der Waals surface area contributed by atoms with E-state index >= 15 is 0 Å². The Bertz CT molecular complexity index is 512. The zero-order valence-corrected chi connectivity index (χ0v) is 14.4. The van der Waals surface area contributed by atoms with E-state index in [0.29, 0.717) is 26.2 Å². The summed E-state index contributed by atoms with van der Waals surface area (Å²) in [7, 11) is 0. The first kappa shape index (κ1) is 18.8. The molecule has 0 atom stereocenters. The van der Waals surface area contributed by atoms with E-state index in [1.54, 1.807) is 0 Å². The molecule has 0 radical (unpaired) electrons. The molecule has 6 heteroatoms. The summed E-state index contributed by atoms with van der Waals surface area (Å²) in [6, 6.07) is 5.74. The molecule has 0 aliphatic carbocycles. The van der Waals surface area contributed by atoms with Crippen LogP contribution in [0.1, 0.15) is 25.0 Å². The number of aryl methyl sites for hydroxylation is 2. The Balaban J connectivity index is 2.35. The lowest BCUT2D eigenvalue weighted by molar-refractivity contribution is -0.121. The minimum Gasteiger partial charge on any atom is -0.492 e. The summed E-state index contributed by atoms with van der Waals surface area (Å²) in [5, 5.41) is 5.44. The monoisotopic (exact) mass is 321 g/mol. The first-order valence-corrected chi connectivity index (χ1v) is 7.96. The Hall–Kier alpha value is -2.24. The Labute approximate surface area is 138 Å². The van der Waals surface area contributed by atoms with E-state index in [-0.39, 0.29) is 18.5 Å². The van der Waals surface area contributed by atoms with Crippen molar-refractivity contribution in [2.75, 3.05) is 32.8 Å². The number of hydrogen-bond acceptors (Lipinski definition) is 3. The molecule has 0 unspecified atom stereocenters. The Morgan fingerprint density at radius 3 is 2.30 bits per heavy atom. The molecule has 0 aliphatic rings. The number of rotatable bonds is 8. The molecular formula is C17H27N3O3. The van der Waals surface area contributed by atoms with Crippen LogP contribution in [0.4, 0.5) is 4.79 Å². The van der Waals surface area contributed by atoms with Crippen LogP contribution in [0, 0.1) is 13.8 Å². The predicted molar refractivity (Wildman–Crippen MR) is 90.7 cm³/mol. The normalized spacial score (nSPS) is 10.1. The summed E-state index contributed by atoms with van der Waals surface area (Å²) in [5.41, 5.74) is 2.28. The van der Waals surface area contributed by atoms with Crippen molar-refractivity contribution in [1.29, 1.82) is 0 Å². The van der Waals surface area contributed by atoms with Gasteiger partial charge in [-0.3, -0.25) is 4.79 Å². The van der Waals surface area contributed by atoms with E-state index in [9.17, 15) is 9.59 Å². The maximum Gasteiger partial charge on any atom is 0.317 e. The highest BCUT2D eigenvalue weighted by molar-refractivity contribution is 5.83. The van der Waals surface area contributed by atoms with Crippen LogP contribution in [0.3, 0.4) is 0 Å². The van der Waals surface area contributed by atoms with Gasteiger partial charge in [-0.1, -0.05) is 6.07 Å². The summed E-state index contributed by atoms with van der Waals surface area (Å²) >= 11 is 0. The summed E-state index contributed by atoms with van der Waals surface area (Å²) in [6.45, 7) is 9.58. The molecule has 1 rings (SSSR count). The second kappa shape index (κ2) is 9.71. The molecular weight excluding hydrogens is 294 g/mol. The molecule has 6 nitrogen and oxygen atoms in total. The van der Waals surface area contributed by atoms with Crippen molar-refractivity contribution in [3.63, 3.8) is 0 Å². The molecule has 0 saturated heterocycles. The van der Waals surface area contributed by atoms with E-state index in [1.807, 2.05) is 39.8 Å². The zero-order valence-electron chi connectivity index (χ0n) is 14.4. The number of carbonyl (C=O) groups is 2.